The molecule has 0 aliphatic rings. The van der Waals surface area contributed by atoms with Crippen molar-refractivity contribution in [2.75, 3.05) is 0 Å². The second kappa shape index (κ2) is 4.54. The van der Waals surface area contributed by atoms with Crippen LogP contribution in [-0.2, 0) is 0 Å². The number of rotatable bonds is 3. The number of aliphatic hydroxyl groups is 2. The van der Waals surface area contributed by atoms with Gasteiger partial charge in [0.15, 0.2) is 0 Å². The maximum absolute atomic E-state index is 12.6. The van der Waals surface area contributed by atoms with Gasteiger partial charge in [0.1, 0.15) is 5.82 Å². The molecule has 1 aromatic rings. The van der Waals surface area contributed by atoms with Gasteiger partial charge in [-0.25, -0.2) is 0 Å². The summed E-state index contributed by atoms with van der Waals surface area (Å²) in [6, 6.07) is 0. The fraction of sp³-hybridized carbons (Fsp3) is 0.625. The highest BCUT2D eigenvalue weighted by atomic mass is 19.1. The monoisotopic (exact) mass is 219 g/mol. The van der Waals surface area contributed by atoms with Crippen LogP contribution in [0, 0.1) is 12.2 Å². The van der Waals surface area contributed by atoms with Crippen LogP contribution in [0.4, 0.5) is 8.78 Å². The largest absolute Gasteiger partial charge is 0.393 e. The predicted molar refractivity (Wildman–Crippen MR) is 45.8 cm³/mol. The first kappa shape index (κ1) is 11.9. The third kappa shape index (κ3) is 2.87. The summed E-state index contributed by atoms with van der Waals surface area (Å²) in [6.45, 7) is 2.74. The van der Waals surface area contributed by atoms with Gasteiger partial charge in [-0.15, -0.1) is 0 Å². The van der Waals surface area contributed by atoms with Gasteiger partial charge in [-0.05, 0) is 13.8 Å². The van der Waals surface area contributed by atoms with Gasteiger partial charge in [0.25, 0.3) is 0 Å². The molecular formula is C8H11F2N3O2. The Morgan fingerprint density at radius 2 is 1.33 bits per heavy atom. The zero-order valence-corrected chi connectivity index (χ0v) is 8.22. The fourth-order valence-corrected chi connectivity index (χ4v) is 1.32. The zero-order valence-electron chi connectivity index (χ0n) is 8.22. The molecule has 0 saturated carbocycles. The van der Waals surface area contributed by atoms with Crippen molar-refractivity contribution in [3.05, 3.63) is 18.0 Å². The van der Waals surface area contributed by atoms with Crippen molar-refractivity contribution in [1.82, 2.24) is 15.0 Å². The molecule has 0 saturated heterocycles. The van der Waals surface area contributed by atoms with Gasteiger partial charge < -0.3 is 10.2 Å². The minimum Gasteiger partial charge on any atom is -0.393 e. The van der Waals surface area contributed by atoms with E-state index in [4.69, 9.17) is 0 Å². The number of hydrogen-bond donors (Lipinski definition) is 2. The van der Waals surface area contributed by atoms with Gasteiger partial charge in [0, 0.05) is 0 Å². The van der Waals surface area contributed by atoms with E-state index >= 15 is 0 Å². The molecule has 5 nitrogen and oxygen atoms in total. The van der Waals surface area contributed by atoms with Gasteiger partial charge in [-0.3, -0.25) is 0 Å². The molecule has 0 bridgehead atoms. The molecule has 84 valence electrons. The molecule has 15 heavy (non-hydrogen) atoms. The molecule has 2 atom stereocenters. The van der Waals surface area contributed by atoms with E-state index < -0.39 is 30.3 Å². The fourth-order valence-electron chi connectivity index (χ4n) is 1.32. The topological polar surface area (TPSA) is 79.1 Å². The SMILES string of the molecule is CC(O)C(c1nc(F)nc(F)n1)C(C)O. The van der Waals surface area contributed by atoms with Crippen LogP contribution in [0.25, 0.3) is 0 Å². The lowest BCUT2D eigenvalue weighted by Gasteiger charge is -2.20. The highest BCUT2D eigenvalue weighted by Crippen LogP contribution is 2.20. The Labute approximate surface area is 84.8 Å². The van der Waals surface area contributed by atoms with Gasteiger partial charge >= 0.3 is 12.2 Å². The molecule has 7 heteroatoms. The highest BCUT2D eigenvalue weighted by molar-refractivity contribution is 5.00. The van der Waals surface area contributed by atoms with Gasteiger partial charge in [0.05, 0.1) is 18.1 Å². The number of aromatic nitrogens is 3. The van der Waals surface area contributed by atoms with Gasteiger partial charge in [-0.1, -0.05) is 0 Å². The lowest BCUT2D eigenvalue weighted by Crippen LogP contribution is -2.28. The summed E-state index contributed by atoms with van der Waals surface area (Å²) in [5.74, 6) is -1.25. The van der Waals surface area contributed by atoms with Crippen molar-refractivity contribution in [1.29, 1.82) is 0 Å². The summed E-state index contributed by atoms with van der Waals surface area (Å²) in [7, 11) is 0. The van der Waals surface area contributed by atoms with Crippen LogP contribution in [0.1, 0.15) is 25.6 Å². The number of aliphatic hydroxyl groups excluding tert-OH is 2. The van der Waals surface area contributed by atoms with E-state index in [-0.39, 0.29) is 5.82 Å². The van der Waals surface area contributed by atoms with E-state index in [1.165, 1.54) is 13.8 Å². The van der Waals surface area contributed by atoms with Crippen molar-refractivity contribution in [2.24, 2.45) is 0 Å². The molecule has 0 radical (unpaired) electrons. The van der Waals surface area contributed by atoms with Crippen molar-refractivity contribution < 1.29 is 19.0 Å². The van der Waals surface area contributed by atoms with Crippen LogP contribution in [0.5, 0.6) is 0 Å². The van der Waals surface area contributed by atoms with E-state index in [9.17, 15) is 19.0 Å². The Morgan fingerprint density at radius 1 is 0.933 bits per heavy atom. The number of hydrogen-bond acceptors (Lipinski definition) is 5. The molecule has 0 aromatic carbocycles. The zero-order chi connectivity index (χ0) is 11.6. The van der Waals surface area contributed by atoms with E-state index in [0.29, 0.717) is 0 Å². The summed E-state index contributed by atoms with van der Waals surface area (Å²) in [5, 5.41) is 18.6. The van der Waals surface area contributed by atoms with Crippen LogP contribution >= 0.6 is 0 Å². The van der Waals surface area contributed by atoms with E-state index in [0.717, 1.165) is 0 Å². The first-order valence-corrected chi connectivity index (χ1v) is 4.35. The molecule has 1 rings (SSSR count). The first-order chi connectivity index (χ1) is 6.91. The standard InChI is InChI=1S/C8H11F2N3O2/c1-3(14)5(4(2)15)6-11-7(9)13-8(10)12-6/h3-5,14-15H,1-2H3. The third-order valence-corrected chi connectivity index (χ3v) is 1.94. The highest BCUT2D eigenvalue weighted by Gasteiger charge is 2.26. The second-order valence-electron chi connectivity index (χ2n) is 3.24. The molecule has 0 spiro atoms. The van der Waals surface area contributed by atoms with E-state index in [2.05, 4.69) is 15.0 Å². The van der Waals surface area contributed by atoms with Crippen LogP contribution in [0.2, 0.25) is 0 Å². The number of nitrogens with zero attached hydrogens (tertiary/aromatic N) is 3. The predicted octanol–water partition coefficient (Wildman–Crippen LogP) is -0.00500. The minimum atomic E-state index is -1.27. The molecule has 0 fully saturated rings. The average Bonchev–Trinajstić information content (AvgIpc) is 1.99. The Balaban J connectivity index is 3.11. The van der Waals surface area contributed by atoms with Crippen molar-refractivity contribution >= 4 is 0 Å². The third-order valence-electron chi connectivity index (χ3n) is 1.94. The molecule has 1 heterocycles. The molecule has 0 aliphatic carbocycles. The lowest BCUT2D eigenvalue weighted by atomic mass is 9.97. The summed E-state index contributed by atoms with van der Waals surface area (Å²) in [5.41, 5.74) is 0. The van der Waals surface area contributed by atoms with Crippen molar-refractivity contribution in [2.45, 2.75) is 32.0 Å². The Bertz CT molecular complexity index is 318. The summed E-state index contributed by atoms with van der Waals surface area (Å²) >= 11 is 0. The molecular weight excluding hydrogens is 208 g/mol. The molecule has 0 amide bonds. The Hall–Kier alpha value is -1.21. The quantitative estimate of drug-likeness (QED) is 0.747. The summed E-state index contributed by atoms with van der Waals surface area (Å²) in [4.78, 5) is 9.17. The lowest BCUT2D eigenvalue weighted by molar-refractivity contribution is 0.0678. The van der Waals surface area contributed by atoms with Gasteiger partial charge in [-0.2, -0.15) is 23.7 Å². The maximum atomic E-state index is 12.6. The normalized spacial score (nSPS) is 17.2. The average molecular weight is 219 g/mol. The van der Waals surface area contributed by atoms with Crippen LogP contribution < -0.4 is 0 Å². The summed E-state index contributed by atoms with van der Waals surface area (Å²) in [6.07, 6.45) is -4.59. The van der Waals surface area contributed by atoms with Crippen molar-refractivity contribution in [3.8, 4) is 0 Å². The Kier molecular flexibility index (Phi) is 3.59. The van der Waals surface area contributed by atoms with Crippen LogP contribution in [0.3, 0.4) is 0 Å². The molecule has 2 N–H and O–H groups in total. The smallest absolute Gasteiger partial charge is 0.314 e. The Morgan fingerprint density at radius 3 is 1.67 bits per heavy atom. The minimum absolute atomic E-state index is 0.301. The molecule has 1 aromatic heterocycles. The van der Waals surface area contributed by atoms with Crippen molar-refractivity contribution in [3.63, 3.8) is 0 Å². The molecule has 2 unspecified atom stereocenters. The second-order valence-corrected chi connectivity index (χ2v) is 3.24. The van der Waals surface area contributed by atoms with Crippen LogP contribution in [-0.4, -0.2) is 37.4 Å². The molecule has 0 aliphatic heterocycles. The van der Waals surface area contributed by atoms with E-state index in [1.807, 2.05) is 0 Å². The maximum Gasteiger partial charge on any atom is 0.314 e. The summed E-state index contributed by atoms with van der Waals surface area (Å²) < 4.78 is 25.3. The first-order valence-electron chi connectivity index (χ1n) is 4.35. The van der Waals surface area contributed by atoms with E-state index in [1.54, 1.807) is 0 Å². The number of halogens is 2. The van der Waals surface area contributed by atoms with Gasteiger partial charge in [0.2, 0.25) is 0 Å². The van der Waals surface area contributed by atoms with Crippen LogP contribution in [0.15, 0.2) is 0 Å².